The monoisotopic (exact) mass is 412 g/mol. The lowest BCUT2D eigenvalue weighted by molar-refractivity contribution is 0.0693. The van der Waals surface area contributed by atoms with Crippen molar-refractivity contribution in [2.45, 2.75) is 48.5 Å². The lowest BCUT2D eigenvalue weighted by Crippen LogP contribution is -2.38. The summed E-state index contributed by atoms with van der Waals surface area (Å²) in [6.45, 7) is 4.59. The molecular weight excluding hydrogens is 384 g/mol. The van der Waals surface area contributed by atoms with Crippen molar-refractivity contribution in [3.63, 3.8) is 0 Å². The first kappa shape index (κ1) is 20.6. The molecule has 0 spiro atoms. The van der Waals surface area contributed by atoms with E-state index in [4.69, 9.17) is 4.74 Å². The largest absolute Gasteiger partial charge is 0.377 e. The van der Waals surface area contributed by atoms with E-state index < -0.39 is 10.0 Å². The Kier molecular flexibility index (Phi) is 6.83. The summed E-state index contributed by atoms with van der Waals surface area (Å²) >= 11 is 1.46. The van der Waals surface area contributed by atoms with Crippen molar-refractivity contribution in [3.05, 3.63) is 23.8 Å². The van der Waals surface area contributed by atoms with Gasteiger partial charge in [0.15, 0.2) is 0 Å². The Balaban J connectivity index is 1.78. The molecule has 0 bridgehead atoms. The number of carbonyl (C=O) groups is 1. The highest BCUT2D eigenvalue weighted by Gasteiger charge is 2.26. The third kappa shape index (κ3) is 5.04. The standard InChI is InChI=1S/C19H28N2O4S2/c1-14-7-9-21(10-8-14)19(22)17-12-16(5-6-18(17)26-2)27(23,24)20-13-15-4-3-11-25-15/h5-6,12,14-15,20H,3-4,7-11,13H2,1-2H3/t15-/m0/s1. The van der Waals surface area contributed by atoms with Gasteiger partial charge in [-0.3, -0.25) is 4.79 Å². The van der Waals surface area contributed by atoms with Crippen molar-refractivity contribution < 1.29 is 17.9 Å². The number of hydrogen-bond acceptors (Lipinski definition) is 5. The molecular formula is C19H28N2O4S2. The number of nitrogens with zero attached hydrogens (tertiary/aromatic N) is 1. The van der Waals surface area contributed by atoms with E-state index in [1.54, 1.807) is 12.1 Å². The summed E-state index contributed by atoms with van der Waals surface area (Å²) in [7, 11) is -3.68. The van der Waals surface area contributed by atoms with Gasteiger partial charge in [-0.1, -0.05) is 6.92 Å². The topological polar surface area (TPSA) is 75.7 Å². The summed E-state index contributed by atoms with van der Waals surface area (Å²) in [6.07, 6.45) is 5.63. The van der Waals surface area contributed by atoms with Crippen molar-refractivity contribution in [1.82, 2.24) is 9.62 Å². The van der Waals surface area contributed by atoms with E-state index in [9.17, 15) is 13.2 Å². The van der Waals surface area contributed by atoms with E-state index in [2.05, 4.69) is 11.6 Å². The second kappa shape index (κ2) is 8.94. The molecule has 0 unspecified atom stereocenters. The molecule has 1 atom stereocenters. The van der Waals surface area contributed by atoms with Gasteiger partial charge < -0.3 is 9.64 Å². The molecule has 0 saturated carbocycles. The maximum Gasteiger partial charge on any atom is 0.255 e. The fourth-order valence-corrected chi connectivity index (χ4v) is 5.16. The summed E-state index contributed by atoms with van der Waals surface area (Å²) < 4.78 is 33.5. The maximum atomic E-state index is 13.0. The molecule has 1 N–H and O–H groups in total. The van der Waals surface area contributed by atoms with E-state index in [1.807, 2.05) is 11.2 Å². The molecule has 1 amide bonds. The third-order valence-corrected chi connectivity index (χ3v) is 7.52. The van der Waals surface area contributed by atoms with Crippen LogP contribution in [0.1, 0.15) is 43.0 Å². The van der Waals surface area contributed by atoms with Crippen LogP contribution in [0.4, 0.5) is 0 Å². The quantitative estimate of drug-likeness (QED) is 0.727. The number of thioether (sulfide) groups is 1. The van der Waals surface area contributed by atoms with Crippen LogP contribution in [0.5, 0.6) is 0 Å². The third-order valence-electron chi connectivity index (χ3n) is 5.31. The second-order valence-electron chi connectivity index (χ2n) is 7.32. The average Bonchev–Trinajstić information content (AvgIpc) is 3.20. The van der Waals surface area contributed by atoms with E-state index in [0.717, 1.165) is 43.7 Å². The SMILES string of the molecule is CSc1ccc(S(=O)(=O)NC[C@@H]2CCCO2)cc1C(=O)N1CCC(C)CC1. The number of nitrogens with one attached hydrogen (secondary N) is 1. The van der Waals surface area contributed by atoms with Gasteiger partial charge in [0.2, 0.25) is 10.0 Å². The molecule has 0 aliphatic carbocycles. The van der Waals surface area contributed by atoms with E-state index >= 15 is 0 Å². The predicted molar refractivity (Wildman–Crippen MR) is 107 cm³/mol. The molecule has 0 radical (unpaired) electrons. The van der Waals surface area contributed by atoms with Gasteiger partial charge in [-0.25, -0.2) is 13.1 Å². The number of hydrogen-bond donors (Lipinski definition) is 1. The van der Waals surface area contributed by atoms with Crippen LogP contribution in [0.15, 0.2) is 28.0 Å². The molecule has 3 rings (SSSR count). The van der Waals surface area contributed by atoms with Crippen molar-refractivity contribution in [2.24, 2.45) is 5.92 Å². The molecule has 2 saturated heterocycles. The van der Waals surface area contributed by atoms with E-state index in [0.29, 0.717) is 18.1 Å². The summed E-state index contributed by atoms with van der Waals surface area (Å²) in [5.41, 5.74) is 0.469. The Morgan fingerprint density at radius 1 is 1.30 bits per heavy atom. The molecule has 2 heterocycles. The van der Waals surface area contributed by atoms with Crippen molar-refractivity contribution >= 4 is 27.7 Å². The van der Waals surface area contributed by atoms with Gasteiger partial charge in [-0.05, 0) is 56.1 Å². The number of rotatable bonds is 6. The first-order valence-electron chi connectivity index (χ1n) is 9.49. The highest BCUT2D eigenvalue weighted by molar-refractivity contribution is 7.98. The van der Waals surface area contributed by atoms with E-state index in [1.165, 1.54) is 17.8 Å². The highest BCUT2D eigenvalue weighted by Crippen LogP contribution is 2.27. The van der Waals surface area contributed by atoms with Gasteiger partial charge in [0.05, 0.1) is 16.6 Å². The van der Waals surface area contributed by atoms with Crippen LogP contribution < -0.4 is 4.72 Å². The van der Waals surface area contributed by atoms with Gasteiger partial charge >= 0.3 is 0 Å². The molecule has 2 aliphatic heterocycles. The van der Waals surface area contributed by atoms with Crippen molar-refractivity contribution in [2.75, 3.05) is 32.5 Å². The lowest BCUT2D eigenvalue weighted by Gasteiger charge is -2.30. The normalized spacial score (nSPS) is 21.6. The van der Waals surface area contributed by atoms with Gasteiger partial charge in [-0.15, -0.1) is 11.8 Å². The summed E-state index contributed by atoms with van der Waals surface area (Å²) in [4.78, 5) is 15.8. The van der Waals surface area contributed by atoms with Crippen LogP contribution >= 0.6 is 11.8 Å². The zero-order valence-electron chi connectivity index (χ0n) is 15.9. The van der Waals surface area contributed by atoms with Crippen LogP contribution in [0, 0.1) is 5.92 Å². The summed E-state index contributed by atoms with van der Waals surface area (Å²) in [6, 6.07) is 4.81. The smallest absolute Gasteiger partial charge is 0.255 e. The van der Waals surface area contributed by atoms with Crippen LogP contribution in [0.2, 0.25) is 0 Å². The molecule has 2 aliphatic rings. The molecule has 1 aromatic rings. The Hall–Kier alpha value is -1.09. The Bertz CT molecular complexity index is 768. The molecule has 2 fully saturated rings. The second-order valence-corrected chi connectivity index (χ2v) is 9.94. The van der Waals surface area contributed by atoms with Crippen LogP contribution in [-0.4, -0.2) is 57.8 Å². The molecule has 1 aromatic carbocycles. The minimum absolute atomic E-state index is 0.0679. The molecule has 6 nitrogen and oxygen atoms in total. The average molecular weight is 413 g/mol. The summed E-state index contributed by atoms with van der Waals surface area (Å²) in [5, 5.41) is 0. The predicted octanol–water partition coefficient (Wildman–Crippen LogP) is 2.74. The van der Waals surface area contributed by atoms with Gasteiger partial charge in [0.25, 0.3) is 5.91 Å². The molecule has 0 aromatic heterocycles. The minimum atomic E-state index is -3.68. The number of likely N-dealkylation sites (tertiary alicyclic amines) is 1. The Morgan fingerprint density at radius 2 is 2.04 bits per heavy atom. The first-order valence-corrected chi connectivity index (χ1v) is 12.2. The number of sulfonamides is 1. The lowest BCUT2D eigenvalue weighted by atomic mass is 9.98. The summed E-state index contributed by atoms with van der Waals surface area (Å²) in [5.74, 6) is 0.546. The Labute approximate surface area is 166 Å². The van der Waals surface area contributed by atoms with E-state index in [-0.39, 0.29) is 23.5 Å². The van der Waals surface area contributed by atoms with Gasteiger partial charge in [0.1, 0.15) is 0 Å². The number of ether oxygens (including phenoxy) is 1. The number of benzene rings is 1. The number of piperidine rings is 1. The fraction of sp³-hybridized carbons (Fsp3) is 0.632. The zero-order valence-corrected chi connectivity index (χ0v) is 17.6. The molecule has 27 heavy (non-hydrogen) atoms. The van der Waals surface area contributed by atoms with Crippen molar-refractivity contribution in [3.8, 4) is 0 Å². The molecule has 8 heteroatoms. The number of amides is 1. The fourth-order valence-electron chi connectivity index (χ4n) is 3.49. The Morgan fingerprint density at radius 3 is 2.67 bits per heavy atom. The van der Waals surface area contributed by atoms with Crippen LogP contribution in [0.25, 0.3) is 0 Å². The van der Waals surface area contributed by atoms with Crippen LogP contribution in [-0.2, 0) is 14.8 Å². The van der Waals surface area contributed by atoms with Crippen LogP contribution in [0.3, 0.4) is 0 Å². The minimum Gasteiger partial charge on any atom is -0.377 e. The van der Waals surface area contributed by atoms with Gasteiger partial charge in [0, 0.05) is 31.1 Å². The molecule has 150 valence electrons. The highest BCUT2D eigenvalue weighted by atomic mass is 32.2. The maximum absolute atomic E-state index is 13.0. The first-order chi connectivity index (χ1) is 12.9. The number of carbonyl (C=O) groups excluding carboxylic acids is 1. The van der Waals surface area contributed by atoms with Crippen molar-refractivity contribution in [1.29, 1.82) is 0 Å². The zero-order chi connectivity index (χ0) is 19.4. The van der Waals surface area contributed by atoms with Gasteiger partial charge in [-0.2, -0.15) is 0 Å².